The predicted octanol–water partition coefficient (Wildman–Crippen LogP) is 6.56. The summed E-state index contributed by atoms with van der Waals surface area (Å²) in [5, 5.41) is 25.4. The number of halogens is 3. The van der Waals surface area contributed by atoms with Gasteiger partial charge in [-0.25, -0.2) is 0 Å². The van der Waals surface area contributed by atoms with Crippen LogP contribution in [0.1, 0.15) is 55.8 Å². The lowest BCUT2D eigenvalue weighted by atomic mass is 9.81. The molecule has 0 radical (unpaired) electrons. The minimum Gasteiger partial charge on any atom is -0.477 e. The van der Waals surface area contributed by atoms with Crippen molar-refractivity contribution in [2.24, 2.45) is 0 Å². The van der Waals surface area contributed by atoms with Gasteiger partial charge in [0.1, 0.15) is 0 Å². The van der Waals surface area contributed by atoms with Crippen LogP contribution in [0.4, 0.5) is 11.4 Å². The zero-order chi connectivity index (χ0) is 39.5. The van der Waals surface area contributed by atoms with E-state index in [1.54, 1.807) is 18.5 Å². The van der Waals surface area contributed by atoms with Crippen LogP contribution in [0.2, 0.25) is 15.5 Å². The highest BCUT2D eigenvalue weighted by atomic mass is 35.5. The smallest absolute Gasteiger partial charge is 0.237 e. The Morgan fingerprint density at radius 1 is 0.600 bits per heavy atom. The van der Waals surface area contributed by atoms with E-state index >= 15 is 0 Å². The summed E-state index contributed by atoms with van der Waals surface area (Å²) < 4.78 is 21.4. The van der Waals surface area contributed by atoms with Crippen LogP contribution < -0.4 is 16.2 Å². The number of hydrogen-bond acceptors (Lipinski definition) is 14. The van der Waals surface area contributed by atoms with Gasteiger partial charge in [-0.2, -0.15) is 0 Å². The fourth-order valence-corrected chi connectivity index (χ4v) is 6.99. The van der Waals surface area contributed by atoms with Crippen molar-refractivity contribution >= 4 is 46.2 Å². The van der Waals surface area contributed by atoms with Gasteiger partial charge in [-0.05, 0) is 51.1 Å². The minimum absolute atomic E-state index is 0.0450. The molecule has 5 aromatic heterocycles. The first-order chi connectivity index (χ1) is 26.1. The van der Waals surface area contributed by atoms with Gasteiger partial charge in [0.05, 0.1) is 81.4 Å². The van der Waals surface area contributed by atoms with Crippen molar-refractivity contribution in [3.05, 3.63) is 86.3 Å². The highest BCUT2D eigenvalue weighted by Crippen LogP contribution is 2.40. The van der Waals surface area contributed by atoms with Crippen molar-refractivity contribution in [2.75, 3.05) is 57.7 Å². The molecule has 0 amide bonds. The third-order valence-corrected chi connectivity index (χ3v) is 10.5. The van der Waals surface area contributed by atoms with Crippen LogP contribution >= 0.6 is 34.8 Å². The molecule has 0 unspecified atom stereocenters. The second-order valence-electron chi connectivity index (χ2n) is 14.7. The second-order valence-corrected chi connectivity index (χ2v) is 15.8. The summed E-state index contributed by atoms with van der Waals surface area (Å²) in [4.78, 5) is 8.54. The summed E-state index contributed by atoms with van der Waals surface area (Å²) in [5.41, 5.74) is 20.5. The lowest BCUT2D eigenvalue weighted by molar-refractivity contribution is -0.0513. The van der Waals surface area contributed by atoms with Crippen molar-refractivity contribution in [3.63, 3.8) is 0 Å². The summed E-state index contributed by atoms with van der Waals surface area (Å²) >= 11 is 17.8. The Morgan fingerprint density at radius 3 is 1.47 bits per heavy atom. The number of anilines is 2. The summed E-state index contributed by atoms with van der Waals surface area (Å²) in [6, 6.07) is 9.45. The first kappa shape index (κ1) is 40.4. The highest BCUT2D eigenvalue weighted by molar-refractivity contribution is 6.32. The standard InChI is InChI=1S/C16H20N4O2.C14H15ClN4O.C8H8Cl2N2O/c1-4-22-15-13(16(3)8-21-9-16)6-14(19-20-15)12-5-11(17)7-18-10(12)2;1-8-10(3-9(16)5-17-8)12-4-11(13(15)19-18-12)14(2)6-20-7-14;1-8(3-13-4-8)5-2-6(9)11-12-7(5)10/h5-7H,4,8-9,17H2,1-3H3;3-5H,6-7,16H2,1-2H3;2H,3-4H2,1H3. The molecule has 0 spiro atoms. The van der Waals surface area contributed by atoms with Gasteiger partial charge >= 0.3 is 0 Å². The van der Waals surface area contributed by atoms with E-state index in [4.69, 9.17) is 65.2 Å². The molecule has 0 saturated carbocycles. The number of rotatable bonds is 7. The number of nitrogens with zero attached hydrogens (tertiary/aromatic N) is 8. The quantitative estimate of drug-likeness (QED) is 0.180. The monoisotopic (exact) mass is 808 g/mol. The molecule has 14 nitrogen and oxygen atoms in total. The lowest BCUT2D eigenvalue weighted by Crippen LogP contribution is -2.44. The van der Waals surface area contributed by atoms with Gasteiger partial charge in [0.2, 0.25) is 5.88 Å². The molecule has 0 aliphatic carbocycles. The van der Waals surface area contributed by atoms with E-state index in [-0.39, 0.29) is 16.2 Å². The second kappa shape index (κ2) is 16.4. The summed E-state index contributed by atoms with van der Waals surface area (Å²) in [7, 11) is 0. The SMILES string of the molecule is CC1(c2cc(Cl)nnc2Cl)COC1.CCOc1nnc(-c2cc(N)cnc2C)cc1C1(C)COC1.Cc1ncc(N)cc1-c1cc(C2(C)COC2)c(Cl)nn1. The van der Waals surface area contributed by atoms with Crippen LogP contribution in [0, 0.1) is 13.8 Å². The Labute approximate surface area is 334 Å². The Kier molecular flexibility index (Phi) is 12.1. The number of pyridine rings is 2. The van der Waals surface area contributed by atoms with Crippen LogP contribution in [-0.2, 0) is 30.5 Å². The maximum absolute atomic E-state index is 6.18. The van der Waals surface area contributed by atoms with Crippen LogP contribution in [0.3, 0.4) is 0 Å². The molecule has 3 aliphatic rings. The molecule has 290 valence electrons. The first-order valence-corrected chi connectivity index (χ1v) is 18.7. The van der Waals surface area contributed by atoms with Crippen molar-refractivity contribution in [3.8, 4) is 28.4 Å². The van der Waals surface area contributed by atoms with Crippen molar-refractivity contribution < 1.29 is 18.9 Å². The predicted molar refractivity (Wildman–Crippen MR) is 212 cm³/mol. The van der Waals surface area contributed by atoms with Crippen molar-refractivity contribution in [2.45, 2.75) is 57.8 Å². The van der Waals surface area contributed by atoms with Gasteiger partial charge in [-0.15, -0.1) is 30.6 Å². The van der Waals surface area contributed by atoms with E-state index < -0.39 is 0 Å². The Balaban J connectivity index is 0.000000145. The van der Waals surface area contributed by atoms with Crippen LogP contribution in [-0.4, -0.2) is 86.8 Å². The van der Waals surface area contributed by atoms with E-state index in [0.29, 0.717) is 79.0 Å². The molecule has 5 aromatic rings. The molecular formula is C38H43Cl3N10O4. The molecule has 3 aliphatic heterocycles. The van der Waals surface area contributed by atoms with Crippen LogP contribution in [0.25, 0.3) is 22.5 Å². The molecule has 0 atom stereocenters. The fourth-order valence-electron chi connectivity index (χ4n) is 6.20. The van der Waals surface area contributed by atoms with E-state index in [1.807, 2.05) is 45.0 Å². The maximum atomic E-state index is 6.18. The number of aryl methyl sites for hydroxylation is 2. The molecule has 55 heavy (non-hydrogen) atoms. The topological polar surface area (TPSA) is 192 Å². The average Bonchev–Trinajstić information content (AvgIpc) is 3.13. The van der Waals surface area contributed by atoms with Gasteiger partial charge in [0, 0.05) is 55.5 Å². The van der Waals surface area contributed by atoms with Crippen molar-refractivity contribution in [1.29, 1.82) is 0 Å². The van der Waals surface area contributed by atoms with Crippen molar-refractivity contribution in [1.82, 2.24) is 40.6 Å². The van der Waals surface area contributed by atoms with E-state index in [1.165, 1.54) is 0 Å². The molecule has 17 heteroatoms. The number of hydrogen-bond donors (Lipinski definition) is 2. The average molecular weight is 810 g/mol. The molecule has 8 rings (SSSR count). The zero-order valence-electron chi connectivity index (χ0n) is 31.5. The van der Waals surface area contributed by atoms with Crippen LogP contribution in [0.5, 0.6) is 5.88 Å². The van der Waals surface area contributed by atoms with Gasteiger partial charge in [0.15, 0.2) is 15.5 Å². The minimum atomic E-state index is -0.0938. The third kappa shape index (κ3) is 8.74. The Hall–Kier alpha value is -4.31. The Bertz CT molecular complexity index is 2180. The molecule has 8 heterocycles. The number of nitrogens with two attached hydrogens (primary N) is 2. The molecule has 4 N–H and O–H groups in total. The summed E-state index contributed by atoms with van der Waals surface area (Å²) in [5.74, 6) is 0.576. The number of ether oxygens (including phenoxy) is 4. The molecule has 3 saturated heterocycles. The van der Waals surface area contributed by atoms with Gasteiger partial charge < -0.3 is 30.4 Å². The number of aromatic nitrogens is 8. The van der Waals surface area contributed by atoms with E-state index in [0.717, 1.165) is 50.6 Å². The van der Waals surface area contributed by atoms with Gasteiger partial charge in [-0.3, -0.25) is 9.97 Å². The summed E-state index contributed by atoms with van der Waals surface area (Å²) in [6.45, 7) is 16.6. The van der Waals surface area contributed by atoms with Gasteiger partial charge in [0.25, 0.3) is 0 Å². The zero-order valence-corrected chi connectivity index (χ0v) is 33.8. The molecule has 0 aromatic carbocycles. The first-order valence-electron chi connectivity index (χ1n) is 17.6. The highest BCUT2D eigenvalue weighted by Gasteiger charge is 2.40. The van der Waals surface area contributed by atoms with E-state index in [2.05, 4.69) is 61.3 Å². The lowest BCUT2D eigenvalue weighted by Gasteiger charge is -2.38. The van der Waals surface area contributed by atoms with Gasteiger partial charge in [-0.1, -0.05) is 55.6 Å². The number of nitrogen functional groups attached to an aromatic ring is 2. The largest absolute Gasteiger partial charge is 0.477 e. The normalized spacial score (nSPS) is 17.2. The summed E-state index contributed by atoms with van der Waals surface area (Å²) in [6.07, 6.45) is 3.27. The maximum Gasteiger partial charge on any atom is 0.237 e. The fraction of sp³-hybridized carbons (Fsp3) is 0.421. The molecule has 3 fully saturated rings. The molecule has 0 bridgehead atoms. The third-order valence-electron chi connectivity index (χ3n) is 9.75. The van der Waals surface area contributed by atoms with Crippen LogP contribution in [0.15, 0.2) is 42.7 Å². The van der Waals surface area contributed by atoms with E-state index in [9.17, 15) is 0 Å². The molecular weight excluding hydrogens is 767 g/mol. The Morgan fingerprint density at radius 2 is 1.02 bits per heavy atom.